The molecule has 3 nitrogen and oxygen atoms in total. The third-order valence-electron chi connectivity index (χ3n) is 3.69. The highest BCUT2D eigenvalue weighted by atomic mass is 32.2. The van der Waals surface area contributed by atoms with Crippen molar-refractivity contribution >= 4 is 17.7 Å². The van der Waals surface area contributed by atoms with Crippen LogP contribution in [0.25, 0.3) is 0 Å². The molecule has 2 N–H and O–H groups in total. The van der Waals surface area contributed by atoms with Gasteiger partial charge in [0, 0.05) is 23.3 Å². The second kappa shape index (κ2) is 7.02. The quantitative estimate of drug-likeness (QED) is 0.821. The second-order valence-corrected chi connectivity index (χ2v) is 6.67. The summed E-state index contributed by atoms with van der Waals surface area (Å²) in [6.45, 7) is 2.72. The van der Waals surface area contributed by atoms with Gasteiger partial charge in [-0.05, 0) is 38.2 Å². The summed E-state index contributed by atoms with van der Waals surface area (Å²) in [5, 5.41) is 11.8. The van der Waals surface area contributed by atoms with E-state index in [-0.39, 0.29) is 17.3 Å². The Kier molecular flexibility index (Phi) is 5.33. The molecule has 0 spiro atoms. The number of nitrogens with one attached hydrogen (secondary N) is 1. The first kappa shape index (κ1) is 15.9. The lowest BCUT2D eigenvalue weighted by atomic mass is 10.0. The molecule has 1 amide bonds. The Morgan fingerprint density at radius 3 is 2.86 bits per heavy atom. The molecule has 0 saturated heterocycles. The van der Waals surface area contributed by atoms with Crippen LogP contribution in [0.1, 0.15) is 40.7 Å². The molecular formula is C17H21NO2S. The van der Waals surface area contributed by atoms with E-state index in [9.17, 15) is 4.79 Å². The molecule has 0 unspecified atom stereocenters. The van der Waals surface area contributed by atoms with Crippen molar-refractivity contribution in [1.29, 1.82) is 0 Å². The number of amides is 1. The minimum Gasteiger partial charge on any atom is -0.395 e. The highest BCUT2D eigenvalue weighted by Crippen LogP contribution is 2.46. The number of rotatable bonds is 5. The zero-order valence-corrected chi connectivity index (χ0v) is 13.3. The molecule has 1 fully saturated rings. The Labute approximate surface area is 130 Å². The van der Waals surface area contributed by atoms with Crippen LogP contribution in [0, 0.1) is 18.8 Å². The number of aryl methyl sites for hydroxylation is 1. The Morgan fingerprint density at radius 2 is 2.24 bits per heavy atom. The maximum atomic E-state index is 12.4. The molecular weight excluding hydrogens is 282 g/mol. The lowest BCUT2D eigenvalue weighted by Gasteiger charge is -2.14. The van der Waals surface area contributed by atoms with Gasteiger partial charge < -0.3 is 10.4 Å². The van der Waals surface area contributed by atoms with E-state index in [4.69, 9.17) is 5.11 Å². The van der Waals surface area contributed by atoms with Gasteiger partial charge in [0.25, 0.3) is 5.91 Å². The van der Waals surface area contributed by atoms with Crippen molar-refractivity contribution in [2.75, 3.05) is 19.4 Å². The van der Waals surface area contributed by atoms with Crippen molar-refractivity contribution in [3.63, 3.8) is 0 Å². The third kappa shape index (κ3) is 4.26. The molecule has 0 aliphatic heterocycles. The van der Waals surface area contributed by atoms with Gasteiger partial charge in [0.1, 0.15) is 0 Å². The molecule has 0 bridgehead atoms. The first-order valence-corrected chi connectivity index (χ1v) is 8.36. The molecule has 2 rings (SSSR count). The minimum absolute atomic E-state index is 0.0383. The molecule has 1 aliphatic carbocycles. The molecule has 1 aromatic rings. The van der Waals surface area contributed by atoms with Crippen LogP contribution < -0.4 is 5.32 Å². The lowest BCUT2D eigenvalue weighted by molar-refractivity contribution is 0.0952. The Balaban J connectivity index is 2.11. The van der Waals surface area contributed by atoms with E-state index in [2.05, 4.69) is 23.4 Å². The summed E-state index contributed by atoms with van der Waals surface area (Å²) in [7, 11) is 0. The van der Waals surface area contributed by atoms with E-state index >= 15 is 0 Å². The van der Waals surface area contributed by atoms with E-state index < -0.39 is 0 Å². The number of thioether (sulfide) groups is 1. The van der Waals surface area contributed by atoms with Gasteiger partial charge >= 0.3 is 0 Å². The van der Waals surface area contributed by atoms with Gasteiger partial charge in [-0.2, -0.15) is 11.8 Å². The number of carbonyl (C=O) groups is 1. The smallest absolute Gasteiger partial charge is 0.252 e. The zero-order chi connectivity index (χ0) is 15.3. The van der Waals surface area contributed by atoms with Crippen LogP contribution in [-0.4, -0.2) is 35.2 Å². The fraction of sp³-hybridized carbons (Fsp3) is 0.471. The van der Waals surface area contributed by atoms with Crippen LogP contribution >= 0.6 is 11.8 Å². The average Bonchev–Trinajstić information content (AvgIpc) is 3.27. The topological polar surface area (TPSA) is 49.3 Å². The summed E-state index contributed by atoms with van der Waals surface area (Å²) in [4.78, 5) is 12.4. The molecule has 112 valence electrons. The SMILES string of the molecule is CSC1(CNC(=O)c2cc(C)ccc2C#CCCO)CC1. The van der Waals surface area contributed by atoms with Gasteiger partial charge in [0.2, 0.25) is 0 Å². The Bertz CT molecular complexity index is 582. The predicted octanol–water partition coefficient (Wildman–Crippen LogP) is 2.35. The van der Waals surface area contributed by atoms with Gasteiger partial charge in [-0.3, -0.25) is 4.79 Å². The highest BCUT2D eigenvalue weighted by Gasteiger charge is 2.42. The molecule has 1 aromatic carbocycles. The van der Waals surface area contributed by atoms with Gasteiger partial charge in [-0.25, -0.2) is 0 Å². The number of carbonyl (C=O) groups excluding carboxylic acids is 1. The predicted molar refractivity (Wildman–Crippen MR) is 87.6 cm³/mol. The van der Waals surface area contributed by atoms with Crippen molar-refractivity contribution in [2.45, 2.75) is 30.9 Å². The molecule has 21 heavy (non-hydrogen) atoms. The number of hydrogen-bond donors (Lipinski definition) is 2. The van der Waals surface area contributed by atoms with Crippen molar-refractivity contribution in [2.24, 2.45) is 0 Å². The van der Waals surface area contributed by atoms with Crippen molar-refractivity contribution < 1.29 is 9.90 Å². The first-order chi connectivity index (χ1) is 10.1. The monoisotopic (exact) mass is 303 g/mol. The molecule has 0 radical (unpaired) electrons. The molecule has 0 atom stereocenters. The molecule has 4 heteroatoms. The maximum absolute atomic E-state index is 12.4. The van der Waals surface area contributed by atoms with Gasteiger partial charge in [-0.1, -0.05) is 23.5 Å². The van der Waals surface area contributed by atoms with Crippen LogP contribution in [-0.2, 0) is 0 Å². The van der Waals surface area contributed by atoms with E-state index in [1.165, 1.54) is 12.8 Å². The minimum atomic E-state index is -0.0627. The third-order valence-corrected chi connectivity index (χ3v) is 5.11. The van der Waals surface area contributed by atoms with Crippen molar-refractivity contribution in [3.05, 3.63) is 34.9 Å². The van der Waals surface area contributed by atoms with Crippen LogP contribution in [0.2, 0.25) is 0 Å². The average molecular weight is 303 g/mol. The van der Waals surface area contributed by atoms with Crippen LogP contribution in [0.5, 0.6) is 0 Å². The number of aliphatic hydroxyl groups is 1. The summed E-state index contributed by atoms with van der Waals surface area (Å²) in [6, 6.07) is 5.69. The number of benzene rings is 1. The number of hydrogen-bond acceptors (Lipinski definition) is 3. The number of aliphatic hydroxyl groups excluding tert-OH is 1. The Morgan fingerprint density at radius 1 is 1.48 bits per heavy atom. The second-order valence-electron chi connectivity index (χ2n) is 5.39. The standard InChI is InChI=1S/C17H21NO2S/c1-13-6-7-14(5-3-4-10-19)15(11-13)16(20)18-12-17(21-2)8-9-17/h6-7,11,19H,4,8-10,12H2,1-2H3,(H,18,20). The molecule has 0 heterocycles. The van der Waals surface area contributed by atoms with E-state index in [0.29, 0.717) is 18.5 Å². The molecule has 1 aliphatic rings. The summed E-state index contributed by atoms with van der Waals surface area (Å²) in [5.74, 6) is 5.79. The summed E-state index contributed by atoms with van der Waals surface area (Å²) >= 11 is 1.83. The van der Waals surface area contributed by atoms with E-state index in [1.807, 2.05) is 36.9 Å². The van der Waals surface area contributed by atoms with Crippen LogP contribution in [0.15, 0.2) is 18.2 Å². The summed E-state index contributed by atoms with van der Waals surface area (Å²) in [6.07, 6.45) is 4.86. The van der Waals surface area contributed by atoms with Crippen molar-refractivity contribution in [1.82, 2.24) is 5.32 Å². The van der Waals surface area contributed by atoms with Crippen LogP contribution in [0.4, 0.5) is 0 Å². The van der Waals surface area contributed by atoms with E-state index in [0.717, 1.165) is 11.1 Å². The highest BCUT2D eigenvalue weighted by molar-refractivity contribution is 8.00. The zero-order valence-electron chi connectivity index (χ0n) is 12.5. The normalized spacial score (nSPS) is 15.0. The maximum Gasteiger partial charge on any atom is 0.252 e. The van der Waals surface area contributed by atoms with Gasteiger partial charge in [0.15, 0.2) is 0 Å². The fourth-order valence-electron chi connectivity index (χ4n) is 2.10. The van der Waals surface area contributed by atoms with Gasteiger partial charge in [-0.15, -0.1) is 0 Å². The van der Waals surface area contributed by atoms with E-state index in [1.54, 1.807) is 0 Å². The Hall–Kier alpha value is -1.44. The summed E-state index contributed by atoms with van der Waals surface area (Å²) < 4.78 is 0.252. The van der Waals surface area contributed by atoms with Crippen molar-refractivity contribution in [3.8, 4) is 11.8 Å². The van der Waals surface area contributed by atoms with Gasteiger partial charge in [0.05, 0.1) is 12.2 Å². The molecule has 0 aromatic heterocycles. The fourth-order valence-corrected chi connectivity index (χ4v) is 2.82. The first-order valence-electron chi connectivity index (χ1n) is 7.14. The van der Waals surface area contributed by atoms with Crippen LogP contribution in [0.3, 0.4) is 0 Å². The largest absolute Gasteiger partial charge is 0.395 e. The summed E-state index contributed by atoms with van der Waals surface area (Å²) in [5.41, 5.74) is 2.39. The lowest BCUT2D eigenvalue weighted by Crippen LogP contribution is -2.32. The molecule has 1 saturated carbocycles.